The summed E-state index contributed by atoms with van der Waals surface area (Å²) >= 11 is 7.79. The number of thiazole rings is 1. The van der Waals surface area contributed by atoms with Crippen LogP contribution in [0.4, 0.5) is 0 Å². The number of amidine groups is 1. The Labute approximate surface area is 142 Å². The lowest BCUT2D eigenvalue weighted by atomic mass is 9.96. The van der Waals surface area contributed by atoms with Gasteiger partial charge < -0.3 is 10.1 Å². The van der Waals surface area contributed by atoms with Crippen molar-refractivity contribution in [3.05, 3.63) is 62.7 Å². The Morgan fingerprint density at radius 2 is 2.17 bits per heavy atom. The second kappa shape index (κ2) is 6.52. The third kappa shape index (κ3) is 3.00. The highest BCUT2D eigenvalue weighted by Gasteiger charge is 2.31. The van der Waals surface area contributed by atoms with Crippen LogP contribution in [0.25, 0.3) is 0 Å². The van der Waals surface area contributed by atoms with E-state index >= 15 is 0 Å². The Kier molecular flexibility index (Phi) is 4.45. The summed E-state index contributed by atoms with van der Waals surface area (Å²) in [5, 5.41) is 6.32. The van der Waals surface area contributed by atoms with Crippen LogP contribution in [0.15, 0.2) is 52.1 Å². The molecule has 1 aromatic heterocycles. The van der Waals surface area contributed by atoms with Crippen molar-refractivity contribution in [3.63, 3.8) is 0 Å². The van der Waals surface area contributed by atoms with E-state index in [2.05, 4.69) is 15.3 Å². The molecule has 0 aliphatic carbocycles. The molecule has 0 saturated heterocycles. The van der Waals surface area contributed by atoms with Gasteiger partial charge in [0.1, 0.15) is 6.04 Å². The number of nitrogens with one attached hydrogen (secondary N) is 1. The molecule has 0 spiro atoms. The number of aliphatic imine (C=N–C) groups is 1. The lowest BCUT2D eigenvalue weighted by molar-refractivity contribution is -0.136. The summed E-state index contributed by atoms with van der Waals surface area (Å²) in [6.45, 7) is 1.82. The van der Waals surface area contributed by atoms with Crippen molar-refractivity contribution < 1.29 is 9.53 Å². The summed E-state index contributed by atoms with van der Waals surface area (Å²) in [7, 11) is 1.35. The molecule has 1 aromatic carbocycles. The van der Waals surface area contributed by atoms with Crippen LogP contribution >= 0.6 is 22.9 Å². The molecule has 0 radical (unpaired) electrons. The fraction of sp³-hybridized carbons (Fsp3) is 0.188. The number of methoxy groups -OCH3 is 1. The predicted molar refractivity (Wildman–Crippen MR) is 90.7 cm³/mol. The van der Waals surface area contributed by atoms with Gasteiger partial charge in [0.2, 0.25) is 0 Å². The van der Waals surface area contributed by atoms with Gasteiger partial charge in [-0.15, -0.1) is 11.3 Å². The molecule has 1 atom stereocenters. The SMILES string of the molecule is COC(=O)C1=C(C)NC(c2nccs2)=N[C@H]1c1ccccc1Cl. The zero-order chi connectivity index (χ0) is 16.4. The number of aromatic nitrogens is 1. The lowest BCUT2D eigenvalue weighted by Crippen LogP contribution is -2.32. The minimum atomic E-state index is -0.531. The molecule has 0 fully saturated rings. The number of hydrogen-bond acceptors (Lipinski definition) is 6. The van der Waals surface area contributed by atoms with Gasteiger partial charge in [0.25, 0.3) is 0 Å². The Hall–Kier alpha value is -2.18. The molecule has 5 nitrogen and oxygen atoms in total. The number of allylic oxidation sites excluding steroid dienone is 1. The molecule has 1 N–H and O–H groups in total. The largest absolute Gasteiger partial charge is 0.466 e. The standard InChI is InChI=1S/C16H14ClN3O2S/c1-9-12(16(21)22-2)13(10-5-3-4-6-11(10)17)20-14(19-9)15-18-7-8-23-15/h3-8,13H,1-2H3,(H,19,20)/t13-/m0/s1. The zero-order valence-corrected chi connectivity index (χ0v) is 14.1. The fourth-order valence-electron chi connectivity index (χ4n) is 2.42. The second-order valence-electron chi connectivity index (χ2n) is 4.89. The van der Waals surface area contributed by atoms with Crippen molar-refractivity contribution in [2.75, 3.05) is 7.11 Å². The van der Waals surface area contributed by atoms with E-state index in [0.717, 1.165) is 10.6 Å². The summed E-state index contributed by atoms with van der Waals surface area (Å²) in [6.07, 6.45) is 1.71. The van der Waals surface area contributed by atoms with Crippen molar-refractivity contribution in [1.82, 2.24) is 10.3 Å². The number of halogens is 1. The molecule has 0 bridgehead atoms. The van der Waals surface area contributed by atoms with Gasteiger partial charge in [-0.3, -0.25) is 4.99 Å². The van der Waals surface area contributed by atoms with Gasteiger partial charge in [0, 0.05) is 27.9 Å². The van der Waals surface area contributed by atoms with E-state index in [9.17, 15) is 4.79 Å². The first-order chi connectivity index (χ1) is 11.1. The molecule has 0 unspecified atom stereocenters. The molecule has 7 heteroatoms. The summed E-state index contributed by atoms with van der Waals surface area (Å²) in [5.41, 5.74) is 1.88. The van der Waals surface area contributed by atoms with Crippen molar-refractivity contribution in [3.8, 4) is 0 Å². The van der Waals surface area contributed by atoms with Crippen LogP contribution in [0, 0.1) is 0 Å². The highest BCUT2D eigenvalue weighted by atomic mass is 35.5. The third-order valence-electron chi connectivity index (χ3n) is 3.48. The summed E-state index contributed by atoms with van der Waals surface area (Å²) in [5.74, 6) is 0.192. The average molecular weight is 348 g/mol. The number of ether oxygens (including phenoxy) is 1. The van der Waals surface area contributed by atoms with Crippen LogP contribution in [0.1, 0.15) is 23.5 Å². The highest BCUT2D eigenvalue weighted by Crippen LogP contribution is 2.35. The molecule has 0 amide bonds. The highest BCUT2D eigenvalue weighted by molar-refractivity contribution is 7.11. The Balaban J connectivity index is 2.13. The van der Waals surface area contributed by atoms with E-state index < -0.39 is 12.0 Å². The van der Waals surface area contributed by atoms with Gasteiger partial charge in [0.15, 0.2) is 10.8 Å². The van der Waals surface area contributed by atoms with Gasteiger partial charge in [0.05, 0.1) is 12.7 Å². The van der Waals surface area contributed by atoms with Crippen molar-refractivity contribution >= 4 is 34.7 Å². The maximum Gasteiger partial charge on any atom is 0.338 e. The van der Waals surface area contributed by atoms with Crippen LogP contribution < -0.4 is 5.32 Å². The predicted octanol–water partition coefficient (Wildman–Crippen LogP) is 3.33. The van der Waals surface area contributed by atoms with Crippen LogP contribution in [-0.2, 0) is 9.53 Å². The summed E-state index contributed by atoms with van der Waals surface area (Å²) in [4.78, 5) is 21.2. The molecule has 2 aromatic rings. The van der Waals surface area contributed by atoms with Gasteiger partial charge in [-0.2, -0.15) is 0 Å². The minimum Gasteiger partial charge on any atom is -0.466 e. The van der Waals surface area contributed by atoms with E-state index in [1.165, 1.54) is 18.4 Å². The Morgan fingerprint density at radius 3 is 2.83 bits per heavy atom. The molecule has 2 heterocycles. The van der Waals surface area contributed by atoms with Crippen LogP contribution in [0.5, 0.6) is 0 Å². The Bertz CT molecular complexity index is 799. The van der Waals surface area contributed by atoms with Crippen molar-refractivity contribution in [2.45, 2.75) is 13.0 Å². The van der Waals surface area contributed by atoms with E-state index in [1.54, 1.807) is 12.3 Å². The second-order valence-corrected chi connectivity index (χ2v) is 6.20. The normalized spacial score (nSPS) is 17.5. The van der Waals surface area contributed by atoms with E-state index in [4.69, 9.17) is 16.3 Å². The van der Waals surface area contributed by atoms with E-state index in [0.29, 0.717) is 22.1 Å². The van der Waals surface area contributed by atoms with Crippen LogP contribution in [0.3, 0.4) is 0 Å². The summed E-state index contributed by atoms with van der Waals surface area (Å²) < 4.78 is 4.92. The average Bonchev–Trinajstić information content (AvgIpc) is 3.08. The first kappa shape index (κ1) is 15.7. The van der Waals surface area contributed by atoms with E-state index in [-0.39, 0.29) is 0 Å². The van der Waals surface area contributed by atoms with Crippen LogP contribution in [-0.4, -0.2) is 23.9 Å². The zero-order valence-electron chi connectivity index (χ0n) is 12.5. The third-order valence-corrected chi connectivity index (χ3v) is 4.61. The number of esters is 1. The van der Waals surface area contributed by atoms with Crippen molar-refractivity contribution in [2.24, 2.45) is 4.99 Å². The summed E-state index contributed by atoms with van der Waals surface area (Å²) in [6, 6.07) is 6.81. The molecular formula is C16H14ClN3O2S. The van der Waals surface area contributed by atoms with E-state index in [1.807, 2.05) is 30.5 Å². The van der Waals surface area contributed by atoms with Gasteiger partial charge >= 0.3 is 5.97 Å². The first-order valence-corrected chi connectivity index (χ1v) is 8.15. The number of carbonyl (C=O) groups excluding carboxylic acids is 1. The maximum atomic E-state index is 12.2. The first-order valence-electron chi connectivity index (χ1n) is 6.90. The van der Waals surface area contributed by atoms with Crippen molar-refractivity contribution in [1.29, 1.82) is 0 Å². The number of hydrogen-bond donors (Lipinski definition) is 1. The number of nitrogens with zero attached hydrogens (tertiary/aromatic N) is 2. The molecule has 1 aliphatic rings. The molecular weight excluding hydrogens is 334 g/mol. The lowest BCUT2D eigenvalue weighted by Gasteiger charge is -2.25. The smallest absolute Gasteiger partial charge is 0.338 e. The Morgan fingerprint density at radius 1 is 1.39 bits per heavy atom. The minimum absolute atomic E-state index is 0.429. The number of benzene rings is 1. The van der Waals surface area contributed by atoms with Gasteiger partial charge in [-0.25, -0.2) is 9.78 Å². The number of carbonyl (C=O) groups is 1. The quantitative estimate of drug-likeness (QED) is 0.865. The number of rotatable bonds is 3. The topological polar surface area (TPSA) is 63.6 Å². The fourth-order valence-corrected chi connectivity index (χ4v) is 3.25. The molecule has 118 valence electrons. The van der Waals surface area contributed by atoms with Gasteiger partial charge in [-0.05, 0) is 13.0 Å². The van der Waals surface area contributed by atoms with Gasteiger partial charge in [-0.1, -0.05) is 29.8 Å². The molecule has 1 aliphatic heterocycles. The monoisotopic (exact) mass is 347 g/mol. The molecule has 3 rings (SSSR count). The molecule has 23 heavy (non-hydrogen) atoms. The maximum absolute atomic E-state index is 12.2. The van der Waals surface area contributed by atoms with Crippen LogP contribution in [0.2, 0.25) is 5.02 Å². The molecule has 0 saturated carbocycles.